The highest BCUT2D eigenvalue weighted by atomic mass is 32.1. The molecule has 6 heteroatoms. The largest absolute Gasteiger partial charge is 0.337 e. The minimum absolute atomic E-state index is 0.0612. The predicted octanol–water partition coefficient (Wildman–Crippen LogP) is 2.61. The van der Waals surface area contributed by atoms with Gasteiger partial charge in [0.15, 0.2) is 5.13 Å². The van der Waals surface area contributed by atoms with E-state index in [9.17, 15) is 9.59 Å². The van der Waals surface area contributed by atoms with Gasteiger partial charge in [-0.2, -0.15) is 0 Å². The number of aromatic nitrogens is 1. The van der Waals surface area contributed by atoms with Gasteiger partial charge >= 0.3 is 0 Å². The summed E-state index contributed by atoms with van der Waals surface area (Å²) in [5.41, 5.74) is 0.914. The monoisotopic (exact) mass is 321 g/mol. The van der Waals surface area contributed by atoms with Crippen LogP contribution in [0.5, 0.6) is 0 Å². The molecule has 1 fully saturated rings. The van der Waals surface area contributed by atoms with Crippen LogP contribution in [0, 0.1) is 5.92 Å². The van der Waals surface area contributed by atoms with Gasteiger partial charge in [0.2, 0.25) is 11.8 Å². The molecular formula is C16H23N3O2S. The molecule has 22 heavy (non-hydrogen) atoms. The van der Waals surface area contributed by atoms with Gasteiger partial charge in [-0.05, 0) is 46.5 Å². The summed E-state index contributed by atoms with van der Waals surface area (Å²) in [6, 6.07) is 0. The van der Waals surface area contributed by atoms with Gasteiger partial charge in [-0.25, -0.2) is 4.98 Å². The van der Waals surface area contributed by atoms with E-state index in [1.165, 1.54) is 17.7 Å². The quantitative estimate of drug-likeness (QED) is 0.911. The number of thiazole rings is 1. The normalized spacial score (nSPS) is 21.9. The molecule has 1 aromatic rings. The van der Waals surface area contributed by atoms with Crippen LogP contribution in [-0.4, -0.2) is 33.8 Å². The van der Waals surface area contributed by atoms with Gasteiger partial charge in [0.1, 0.15) is 0 Å². The third-order valence-corrected chi connectivity index (χ3v) is 5.45. The smallest absolute Gasteiger partial charge is 0.231 e. The lowest BCUT2D eigenvalue weighted by Gasteiger charge is -2.31. The number of aryl methyl sites for hydroxylation is 2. The Balaban J connectivity index is 1.65. The summed E-state index contributed by atoms with van der Waals surface area (Å²) in [4.78, 5) is 32.1. The van der Waals surface area contributed by atoms with Crippen LogP contribution in [-0.2, 0) is 22.4 Å². The Morgan fingerprint density at radius 2 is 2.05 bits per heavy atom. The molecule has 0 aromatic carbocycles. The summed E-state index contributed by atoms with van der Waals surface area (Å²) in [7, 11) is 0. The molecule has 0 saturated carbocycles. The fourth-order valence-electron chi connectivity index (χ4n) is 3.14. The van der Waals surface area contributed by atoms with E-state index in [4.69, 9.17) is 0 Å². The molecule has 1 saturated heterocycles. The van der Waals surface area contributed by atoms with Crippen LogP contribution in [0.1, 0.15) is 50.6 Å². The Bertz CT molecular complexity index is 580. The van der Waals surface area contributed by atoms with Crippen molar-refractivity contribution in [2.75, 3.05) is 11.9 Å². The number of nitrogens with one attached hydrogen (secondary N) is 1. The van der Waals surface area contributed by atoms with E-state index in [0.29, 0.717) is 18.1 Å². The molecule has 1 N–H and O–H groups in total. The Morgan fingerprint density at radius 1 is 1.32 bits per heavy atom. The summed E-state index contributed by atoms with van der Waals surface area (Å²) >= 11 is 1.59. The van der Waals surface area contributed by atoms with Gasteiger partial charge in [0.25, 0.3) is 0 Å². The van der Waals surface area contributed by atoms with Crippen molar-refractivity contribution in [1.29, 1.82) is 0 Å². The van der Waals surface area contributed by atoms with Crippen LogP contribution < -0.4 is 5.32 Å². The minimum atomic E-state index is -0.271. The van der Waals surface area contributed by atoms with Crippen molar-refractivity contribution >= 4 is 28.3 Å². The van der Waals surface area contributed by atoms with E-state index in [1.807, 2.05) is 20.8 Å². The summed E-state index contributed by atoms with van der Waals surface area (Å²) in [6.07, 6.45) is 4.78. The highest BCUT2D eigenvalue weighted by Crippen LogP contribution is 2.31. The number of anilines is 1. The first-order valence-electron chi connectivity index (χ1n) is 7.94. The molecule has 2 amide bonds. The summed E-state index contributed by atoms with van der Waals surface area (Å²) < 4.78 is 0. The summed E-state index contributed by atoms with van der Waals surface area (Å²) in [6.45, 7) is 6.50. The van der Waals surface area contributed by atoms with Gasteiger partial charge in [0.05, 0.1) is 11.6 Å². The Labute approximate surface area is 135 Å². The van der Waals surface area contributed by atoms with E-state index in [2.05, 4.69) is 10.3 Å². The lowest BCUT2D eigenvalue weighted by atomic mass is 10.0. The Hall–Kier alpha value is -1.43. The van der Waals surface area contributed by atoms with Crippen LogP contribution in [0.2, 0.25) is 0 Å². The first-order chi connectivity index (χ1) is 10.3. The van der Waals surface area contributed by atoms with Crippen molar-refractivity contribution < 1.29 is 9.59 Å². The highest BCUT2D eigenvalue weighted by molar-refractivity contribution is 7.15. The maximum absolute atomic E-state index is 12.4. The van der Waals surface area contributed by atoms with Crippen LogP contribution in [0.4, 0.5) is 5.13 Å². The molecular weight excluding hydrogens is 298 g/mol. The number of nitrogens with zero attached hydrogens (tertiary/aromatic N) is 2. The van der Waals surface area contributed by atoms with Gasteiger partial charge in [-0.15, -0.1) is 11.3 Å². The Morgan fingerprint density at radius 3 is 2.68 bits per heavy atom. The molecule has 1 unspecified atom stereocenters. The van der Waals surface area contributed by atoms with Crippen LogP contribution >= 0.6 is 11.3 Å². The van der Waals surface area contributed by atoms with Crippen molar-refractivity contribution in [3.63, 3.8) is 0 Å². The lowest BCUT2D eigenvalue weighted by Crippen LogP contribution is -2.42. The average molecular weight is 321 g/mol. The standard InChI is InChI=1S/C16H23N3O2S/c1-16(2,3)19-9-10(8-13(19)20)14(21)18-15-17-11-6-4-5-7-12(11)22-15/h10H,4-9H2,1-3H3,(H,17,18,21). The number of hydrogen-bond acceptors (Lipinski definition) is 4. The van der Waals surface area contributed by atoms with Crippen molar-refractivity contribution in [2.24, 2.45) is 5.92 Å². The number of likely N-dealkylation sites (tertiary alicyclic amines) is 1. The topological polar surface area (TPSA) is 62.3 Å². The first-order valence-corrected chi connectivity index (χ1v) is 8.76. The molecule has 1 aliphatic heterocycles. The second kappa shape index (κ2) is 5.65. The molecule has 5 nitrogen and oxygen atoms in total. The average Bonchev–Trinajstić information content (AvgIpc) is 3.00. The minimum Gasteiger partial charge on any atom is -0.337 e. The third kappa shape index (κ3) is 3.02. The van der Waals surface area contributed by atoms with Gasteiger partial charge < -0.3 is 10.2 Å². The molecule has 120 valence electrons. The van der Waals surface area contributed by atoms with Crippen molar-refractivity contribution in [3.05, 3.63) is 10.6 Å². The van der Waals surface area contributed by atoms with Gasteiger partial charge in [-0.3, -0.25) is 9.59 Å². The predicted molar refractivity (Wildman–Crippen MR) is 87.0 cm³/mol. The third-order valence-electron chi connectivity index (χ3n) is 4.38. The fourth-order valence-corrected chi connectivity index (χ4v) is 4.20. The van der Waals surface area contributed by atoms with Crippen LogP contribution in [0.3, 0.4) is 0 Å². The van der Waals surface area contributed by atoms with Crippen molar-refractivity contribution in [3.8, 4) is 0 Å². The second-order valence-corrected chi connectivity index (χ2v) is 8.25. The zero-order valence-corrected chi connectivity index (χ0v) is 14.3. The number of amides is 2. The SMILES string of the molecule is CC(C)(C)N1CC(C(=O)Nc2nc3c(s2)CCCC3)CC1=O. The maximum Gasteiger partial charge on any atom is 0.231 e. The zero-order valence-electron chi connectivity index (χ0n) is 13.4. The Kier molecular flexibility index (Phi) is 3.97. The lowest BCUT2D eigenvalue weighted by molar-refractivity contribution is -0.131. The van der Waals surface area contributed by atoms with Crippen LogP contribution in [0.15, 0.2) is 0 Å². The van der Waals surface area contributed by atoms with E-state index in [1.54, 1.807) is 16.2 Å². The number of rotatable bonds is 2. The first kappa shape index (κ1) is 15.5. The number of carbonyl (C=O) groups excluding carboxylic acids is 2. The second-order valence-electron chi connectivity index (χ2n) is 7.16. The fraction of sp³-hybridized carbons (Fsp3) is 0.688. The van der Waals surface area contributed by atoms with Crippen molar-refractivity contribution in [2.45, 2.75) is 58.4 Å². The zero-order chi connectivity index (χ0) is 15.9. The van der Waals surface area contributed by atoms with Crippen LogP contribution in [0.25, 0.3) is 0 Å². The molecule has 1 aliphatic carbocycles. The van der Waals surface area contributed by atoms with Gasteiger partial charge in [0, 0.05) is 23.4 Å². The highest BCUT2D eigenvalue weighted by Gasteiger charge is 2.39. The number of carbonyl (C=O) groups is 2. The molecule has 2 heterocycles. The molecule has 1 aromatic heterocycles. The van der Waals surface area contributed by atoms with E-state index >= 15 is 0 Å². The maximum atomic E-state index is 12.4. The molecule has 0 radical (unpaired) electrons. The molecule has 0 bridgehead atoms. The molecule has 1 atom stereocenters. The summed E-state index contributed by atoms with van der Waals surface area (Å²) in [5, 5.41) is 3.62. The van der Waals surface area contributed by atoms with E-state index in [0.717, 1.165) is 18.5 Å². The molecule has 3 rings (SSSR count). The van der Waals surface area contributed by atoms with E-state index in [-0.39, 0.29) is 23.3 Å². The number of hydrogen-bond donors (Lipinski definition) is 1. The molecule has 0 spiro atoms. The van der Waals surface area contributed by atoms with Gasteiger partial charge in [-0.1, -0.05) is 0 Å². The molecule has 2 aliphatic rings. The summed E-state index contributed by atoms with van der Waals surface area (Å²) in [5.74, 6) is -0.287. The number of fused-ring (bicyclic) bond motifs is 1. The van der Waals surface area contributed by atoms with E-state index < -0.39 is 0 Å². The van der Waals surface area contributed by atoms with Crippen molar-refractivity contribution in [1.82, 2.24) is 9.88 Å².